The standard InChI is InChI=1S/C26H33FN4O5/c1-17(2)28-26(33)30(12-13-34-3)16-25(32)31-23(20-14-18(35-4)10-11-24(20)36-5)15-22(29-31)19-8-6-7-9-21(19)27/h6-11,14,17,23H,12-13,15-16H2,1-5H3,(H,28,33). The third-order valence-corrected chi connectivity index (χ3v) is 5.74. The first-order valence-electron chi connectivity index (χ1n) is 11.7. The maximum atomic E-state index is 14.6. The molecule has 1 heterocycles. The second-order valence-electron chi connectivity index (χ2n) is 8.61. The molecule has 0 spiro atoms. The molecule has 1 aliphatic rings. The highest BCUT2D eigenvalue weighted by atomic mass is 19.1. The highest BCUT2D eigenvalue weighted by molar-refractivity contribution is 6.03. The predicted octanol–water partition coefficient (Wildman–Crippen LogP) is 3.59. The summed E-state index contributed by atoms with van der Waals surface area (Å²) in [6.45, 7) is 3.91. The molecule has 0 aromatic heterocycles. The van der Waals surface area contributed by atoms with E-state index in [0.29, 0.717) is 28.3 Å². The Labute approximate surface area is 210 Å². The molecule has 194 valence electrons. The van der Waals surface area contributed by atoms with Gasteiger partial charge in [-0.25, -0.2) is 14.2 Å². The van der Waals surface area contributed by atoms with Gasteiger partial charge in [-0.1, -0.05) is 18.2 Å². The molecule has 3 rings (SSSR count). The van der Waals surface area contributed by atoms with Crippen LogP contribution in [-0.2, 0) is 9.53 Å². The Bertz CT molecular complexity index is 1110. The second kappa shape index (κ2) is 12.3. The number of benzene rings is 2. The summed E-state index contributed by atoms with van der Waals surface area (Å²) in [5.74, 6) is 0.263. The van der Waals surface area contributed by atoms with Crippen LogP contribution in [-0.4, -0.2) is 74.6 Å². The minimum Gasteiger partial charge on any atom is -0.497 e. The van der Waals surface area contributed by atoms with Crippen molar-refractivity contribution in [3.63, 3.8) is 0 Å². The summed E-state index contributed by atoms with van der Waals surface area (Å²) in [5.41, 5.74) is 1.40. The number of amides is 3. The fraction of sp³-hybridized carbons (Fsp3) is 0.423. The molecule has 0 fully saturated rings. The van der Waals surface area contributed by atoms with Crippen molar-refractivity contribution in [1.29, 1.82) is 0 Å². The van der Waals surface area contributed by atoms with Crippen LogP contribution in [0.3, 0.4) is 0 Å². The van der Waals surface area contributed by atoms with Crippen LogP contribution in [0.5, 0.6) is 11.5 Å². The summed E-state index contributed by atoms with van der Waals surface area (Å²) in [5, 5.41) is 8.65. The summed E-state index contributed by atoms with van der Waals surface area (Å²) in [7, 11) is 4.61. The average molecular weight is 501 g/mol. The third kappa shape index (κ3) is 6.31. The van der Waals surface area contributed by atoms with E-state index in [2.05, 4.69) is 10.4 Å². The number of ether oxygens (including phenoxy) is 3. The number of hydrazone groups is 1. The number of carbonyl (C=O) groups excluding carboxylic acids is 2. The van der Waals surface area contributed by atoms with Gasteiger partial charge in [-0.05, 0) is 38.1 Å². The van der Waals surface area contributed by atoms with Crippen LogP contribution in [0.4, 0.5) is 9.18 Å². The largest absolute Gasteiger partial charge is 0.497 e. The lowest BCUT2D eigenvalue weighted by atomic mass is 9.97. The van der Waals surface area contributed by atoms with E-state index in [1.54, 1.807) is 43.5 Å². The van der Waals surface area contributed by atoms with E-state index >= 15 is 0 Å². The van der Waals surface area contributed by atoms with Crippen molar-refractivity contribution in [2.24, 2.45) is 5.10 Å². The molecule has 36 heavy (non-hydrogen) atoms. The summed E-state index contributed by atoms with van der Waals surface area (Å²) in [4.78, 5) is 27.7. The first-order valence-corrected chi connectivity index (χ1v) is 11.7. The zero-order valence-corrected chi connectivity index (χ0v) is 21.3. The Hall–Kier alpha value is -3.66. The molecule has 1 atom stereocenters. The van der Waals surface area contributed by atoms with Gasteiger partial charge >= 0.3 is 6.03 Å². The fourth-order valence-corrected chi connectivity index (χ4v) is 3.97. The van der Waals surface area contributed by atoms with Crippen LogP contribution in [0.25, 0.3) is 0 Å². The normalized spacial score (nSPS) is 15.0. The van der Waals surface area contributed by atoms with E-state index in [4.69, 9.17) is 14.2 Å². The van der Waals surface area contributed by atoms with Crippen molar-refractivity contribution in [2.45, 2.75) is 32.4 Å². The molecule has 1 aliphatic heterocycles. The van der Waals surface area contributed by atoms with Gasteiger partial charge in [0, 0.05) is 37.2 Å². The van der Waals surface area contributed by atoms with Crippen molar-refractivity contribution >= 4 is 17.6 Å². The molecular weight excluding hydrogens is 467 g/mol. The Morgan fingerprint density at radius 3 is 2.56 bits per heavy atom. The van der Waals surface area contributed by atoms with Crippen molar-refractivity contribution < 1.29 is 28.2 Å². The first kappa shape index (κ1) is 26.9. The Balaban J connectivity index is 1.99. The van der Waals surface area contributed by atoms with Gasteiger partial charge in [0.05, 0.1) is 32.6 Å². The zero-order valence-electron chi connectivity index (χ0n) is 21.3. The lowest BCUT2D eigenvalue weighted by Crippen LogP contribution is -2.48. The van der Waals surface area contributed by atoms with E-state index in [9.17, 15) is 14.0 Å². The Morgan fingerprint density at radius 1 is 1.17 bits per heavy atom. The van der Waals surface area contributed by atoms with Gasteiger partial charge in [0.15, 0.2) is 0 Å². The molecule has 0 radical (unpaired) electrons. The maximum absolute atomic E-state index is 14.6. The number of methoxy groups -OCH3 is 3. The number of hydrogen-bond acceptors (Lipinski definition) is 6. The van der Waals surface area contributed by atoms with Crippen LogP contribution < -0.4 is 14.8 Å². The molecule has 2 aromatic carbocycles. The predicted molar refractivity (Wildman–Crippen MR) is 134 cm³/mol. The van der Waals surface area contributed by atoms with Gasteiger partial charge in [-0.2, -0.15) is 5.10 Å². The third-order valence-electron chi connectivity index (χ3n) is 5.74. The number of hydrogen-bond donors (Lipinski definition) is 1. The summed E-state index contributed by atoms with van der Waals surface area (Å²) in [6.07, 6.45) is 0.256. The lowest BCUT2D eigenvalue weighted by molar-refractivity contribution is -0.133. The van der Waals surface area contributed by atoms with Gasteiger partial charge in [0.25, 0.3) is 5.91 Å². The molecular formula is C26H33FN4O5. The highest BCUT2D eigenvalue weighted by Gasteiger charge is 2.37. The van der Waals surface area contributed by atoms with E-state index in [1.807, 2.05) is 13.8 Å². The monoisotopic (exact) mass is 500 g/mol. The van der Waals surface area contributed by atoms with E-state index in [1.165, 1.54) is 30.2 Å². The van der Waals surface area contributed by atoms with Crippen LogP contribution in [0, 0.1) is 5.82 Å². The molecule has 0 saturated carbocycles. The SMILES string of the molecule is COCCN(CC(=O)N1N=C(c2ccccc2F)CC1c1cc(OC)ccc1OC)C(=O)NC(C)C. The van der Waals surface area contributed by atoms with Crippen molar-refractivity contribution in [1.82, 2.24) is 15.2 Å². The van der Waals surface area contributed by atoms with E-state index in [-0.39, 0.29) is 38.2 Å². The smallest absolute Gasteiger partial charge is 0.318 e. The van der Waals surface area contributed by atoms with Crippen LogP contribution in [0.15, 0.2) is 47.6 Å². The minimum atomic E-state index is -0.588. The molecule has 1 N–H and O–H groups in total. The van der Waals surface area contributed by atoms with Gasteiger partial charge in [0.2, 0.25) is 0 Å². The van der Waals surface area contributed by atoms with Crippen LogP contribution in [0.1, 0.15) is 37.4 Å². The molecule has 1 unspecified atom stereocenters. The molecule has 0 bridgehead atoms. The van der Waals surface area contributed by atoms with Crippen molar-refractivity contribution in [3.05, 3.63) is 59.4 Å². The number of carbonyl (C=O) groups is 2. The van der Waals surface area contributed by atoms with Crippen molar-refractivity contribution in [2.75, 3.05) is 41.0 Å². The molecule has 3 amide bonds. The van der Waals surface area contributed by atoms with Gasteiger partial charge in [0.1, 0.15) is 23.9 Å². The quantitative estimate of drug-likeness (QED) is 0.538. The molecule has 9 nitrogen and oxygen atoms in total. The highest BCUT2D eigenvalue weighted by Crippen LogP contribution is 2.39. The molecule has 0 aliphatic carbocycles. The Kier molecular flexibility index (Phi) is 9.24. The van der Waals surface area contributed by atoms with Gasteiger partial charge in [-0.3, -0.25) is 4.79 Å². The van der Waals surface area contributed by atoms with Crippen molar-refractivity contribution in [3.8, 4) is 11.5 Å². The summed E-state index contributed by atoms with van der Waals surface area (Å²) >= 11 is 0. The van der Waals surface area contributed by atoms with Crippen LogP contribution >= 0.6 is 0 Å². The number of urea groups is 1. The average Bonchev–Trinajstić information content (AvgIpc) is 3.31. The summed E-state index contributed by atoms with van der Waals surface area (Å²) in [6, 6.07) is 10.5. The second-order valence-corrected chi connectivity index (χ2v) is 8.61. The minimum absolute atomic E-state index is 0.107. The topological polar surface area (TPSA) is 92.7 Å². The number of rotatable bonds is 10. The summed E-state index contributed by atoms with van der Waals surface area (Å²) < 4.78 is 30.7. The molecule has 2 aromatic rings. The zero-order chi connectivity index (χ0) is 26.2. The first-order chi connectivity index (χ1) is 17.3. The van der Waals surface area contributed by atoms with E-state index < -0.39 is 17.8 Å². The fourth-order valence-electron chi connectivity index (χ4n) is 3.97. The van der Waals surface area contributed by atoms with E-state index in [0.717, 1.165) is 0 Å². The molecule has 10 heteroatoms. The lowest BCUT2D eigenvalue weighted by Gasteiger charge is -2.28. The number of nitrogens with one attached hydrogen (secondary N) is 1. The Morgan fingerprint density at radius 2 is 1.92 bits per heavy atom. The number of halogens is 1. The maximum Gasteiger partial charge on any atom is 0.318 e. The molecule has 0 saturated heterocycles. The van der Waals surface area contributed by atoms with Gasteiger partial charge < -0.3 is 24.4 Å². The van der Waals surface area contributed by atoms with Crippen LogP contribution in [0.2, 0.25) is 0 Å². The number of nitrogens with zero attached hydrogens (tertiary/aromatic N) is 3. The van der Waals surface area contributed by atoms with Gasteiger partial charge in [-0.15, -0.1) is 0 Å².